The van der Waals surface area contributed by atoms with Gasteiger partial charge < -0.3 is 9.84 Å². The Morgan fingerprint density at radius 1 is 1.57 bits per heavy atom. The summed E-state index contributed by atoms with van der Waals surface area (Å²) in [4.78, 5) is 4.22. The van der Waals surface area contributed by atoms with Crippen LogP contribution < -0.4 is 4.74 Å². The van der Waals surface area contributed by atoms with Gasteiger partial charge in [-0.25, -0.2) is 4.98 Å². The summed E-state index contributed by atoms with van der Waals surface area (Å²) in [6.07, 6.45) is 4.34. The van der Waals surface area contributed by atoms with Gasteiger partial charge in [0.05, 0.1) is 18.9 Å². The van der Waals surface area contributed by atoms with E-state index >= 15 is 0 Å². The van der Waals surface area contributed by atoms with Crippen LogP contribution >= 0.6 is 11.3 Å². The Bertz CT molecular complexity index is 294. The summed E-state index contributed by atoms with van der Waals surface area (Å²) in [6, 6.07) is 0. The molecule has 0 aliphatic heterocycles. The molecular formula is C10H15NO2S. The molecule has 78 valence electrons. The van der Waals surface area contributed by atoms with Crippen molar-refractivity contribution in [1.82, 2.24) is 4.98 Å². The van der Waals surface area contributed by atoms with E-state index in [1.807, 2.05) is 5.38 Å². The molecule has 1 aromatic heterocycles. The lowest BCUT2D eigenvalue weighted by molar-refractivity contribution is 0.107. The highest BCUT2D eigenvalue weighted by Gasteiger charge is 2.26. The van der Waals surface area contributed by atoms with Crippen molar-refractivity contribution in [2.24, 2.45) is 5.92 Å². The average Bonchev–Trinajstić information content (AvgIpc) is 2.88. The van der Waals surface area contributed by atoms with Crippen LogP contribution in [0.25, 0.3) is 0 Å². The number of nitrogens with zero attached hydrogens (tertiary/aromatic N) is 1. The molecule has 1 N–H and O–H groups in total. The smallest absolute Gasteiger partial charge is 0.273 e. The van der Waals surface area contributed by atoms with E-state index in [1.54, 1.807) is 7.11 Å². The van der Waals surface area contributed by atoms with Crippen molar-refractivity contribution < 1.29 is 9.84 Å². The molecule has 1 saturated carbocycles. The number of aromatic nitrogens is 1. The van der Waals surface area contributed by atoms with Crippen LogP contribution in [-0.2, 0) is 0 Å². The lowest BCUT2D eigenvalue weighted by Crippen LogP contribution is -2.09. The van der Waals surface area contributed by atoms with Crippen LogP contribution in [0, 0.1) is 5.92 Å². The van der Waals surface area contributed by atoms with Crippen molar-refractivity contribution in [2.45, 2.75) is 31.8 Å². The van der Waals surface area contributed by atoms with Crippen LogP contribution in [0.5, 0.6) is 5.19 Å². The third kappa shape index (κ3) is 1.91. The fraction of sp³-hybridized carbons (Fsp3) is 0.700. The van der Waals surface area contributed by atoms with Crippen molar-refractivity contribution in [2.75, 3.05) is 7.11 Å². The summed E-state index contributed by atoms with van der Waals surface area (Å²) in [7, 11) is 1.60. The highest BCUT2D eigenvalue weighted by Crippen LogP contribution is 2.36. The van der Waals surface area contributed by atoms with Gasteiger partial charge in [0.25, 0.3) is 5.19 Å². The Hall–Kier alpha value is -0.610. The molecule has 14 heavy (non-hydrogen) atoms. The number of hydrogen-bond acceptors (Lipinski definition) is 4. The van der Waals surface area contributed by atoms with Gasteiger partial charge in [-0.3, -0.25) is 0 Å². The van der Waals surface area contributed by atoms with Gasteiger partial charge in [-0.15, -0.1) is 0 Å². The molecule has 0 saturated heterocycles. The maximum atomic E-state index is 10.0. The number of thiazole rings is 1. The second-order valence-corrected chi connectivity index (χ2v) is 4.55. The van der Waals surface area contributed by atoms with Gasteiger partial charge in [-0.05, 0) is 18.8 Å². The standard InChI is InChI=1S/C10H15NO2S/c1-13-10-11-8(6-14-10)9(12)7-4-2-3-5-7/h6-7,9,12H,2-5H2,1H3. The van der Waals surface area contributed by atoms with Crippen LogP contribution in [-0.4, -0.2) is 17.2 Å². The van der Waals surface area contributed by atoms with Crippen molar-refractivity contribution >= 4 is 11.3 Å². The monoisotopic (exact) mass is 213 g/mol. The van der Waals surface area contributed by atoms with Crippen molar-refractivity contribution in [3.05, 3.63) is 11.1 Å². The number of methoxy groups -OCH3 is 1. The second kappa shape index (κ2) is 4.28. The van der Waals surface area contributed by atoms with Crippen molar-refractivity contribution in [3.8, 4) is 5.19 Å². The quantitative estimate of drug-likeness (QED) is 0.838. The summed E-state index contributed by atoms with van der Waals surface area (Å²) in [5, 5.41) is 12.5. The predicted molar refractivity (Wildman–Crippen MR) is 55.6 cm³/mol. The zero-order valence-corrected chi connectivity index (χ0v) is 9.09. The van der Waals surface area contributed by atoms with E-state index in [-0.39, 0.29) is 0 Å². The molecule has 0 amide bonds. The maximum absolute atomic E-state index is 10.0. The highest BCUT2D eigenvalue weighted by molar-refractivity contribution is 7.11. The Morgan fingerprint density at radius 2 is 2.29 bits per heavy atom. The minimum absolute atomic E-state index is 0.391. The lowest BCUT2D eigenvalue weighted by Gasteiger charge is -2.14. The Kier molecular flexibility index (Phi) is 3.03. The summed E-state index contributed by atoms with van der Waals surface area (Å²) < 4.78 is 5.00. The van der Waals surface area contributed by atoms with E-state index in [2.05, 4.69) is 4.98 Å². The lowest BCUT2D eigenvalue weighted by atomic mass is 9.99. The number of ether oxygens (including phenoxy) is 1. The zero-order chi connectivity index (χ0) is 9.97. The largest absolute Gasteiger partial charge is 0.473 e. The molecule has 0 spiro atoms. The summed E-state index contributed by atoms with van der Waals surface area (Å²) in [5.74, 6) is 0.404. The van der Waals surface area contributed by atoms with Crippen LogP contribution in [0.4, 0.5) is 0 Å². The Labute approximate surface area is 87.7 Å². The van der Waals surface area contributed by atoms with Gasteiger partial charge in [0.2, 0.25) is 0 Å². The van der Waals surface area contributed by atoms with Gasteiger partial charge in [-0.1, -0.05) is 24.2 Å². The van der Waals surface area contributed by atoms with Gasteiger partial charge in [0.1, 0.15) is 0 Å². The maximum Gasteiger partial charge on any atom is 0.273 e. The van der Waals surface area contributed by atoms with Gasteiger partial charge in [-0.2, -0.15) is 0 Å². The van der Waals surface area contributed by atoms with E-state index in [1.165, 1.54) is 24.2 Å². The van der Waals surface area contributed by atoms with Gasteiger partial charge in [0, 0.05) is 5.38 Å². The first-order chi connectivity index (χ1) is 6.81. The summed E-state index contributed by atoms with van der Waals surface area (Å²) in [5.41, 5.74) is 0.777. The SMILES string of the molecule is COc1nc(C(O)C2CCCC2)cs1. The van der Waals surface area contributed by atoms with Gasteiger partial charge >= 0.3 is 0 Å². The zero-order valence-electron chi connectivity index (χ0n) is 8.27. The number of aliphatic hydroxyl groups excluding tert-OH is 1. The van der Waals surface area contributed by atoms with Gasteiger partial charge in [0.15, 0.2) is 0 Å². The highest BCUT2D eigenvalue weighted by atomic mass is 32.1. The fourth-order valence-electron chi connectivity index (χ4n) is 2.01. The molecule has 3 nitrogen and oxygen atoms in total. The molecule has 1 aliphatic rings. The number of rotatable bonds is 3. The number of hydrogen-bond donors (Lipinski definition) is 1. The van der Waals surface area contributed by atoms with Crippen molar-refractivity contribution in [3.63, 3.8) is 0 Å². The first-order valence-electron chi connectivity index (χ1n) is 4.98. The predicted octanol–water partition coefficient (Wildman–Crippen LogP) is 2.38. The molecule has 0 bridgehead atoms. The number of aliphatic hydroxyl groups is 1. The third-order valence-corrected chi connectivity index (χ3v) is 3.64. The molecule has 1 heterocycles. The summed E-state index contributed by atoms with van der Waals surface area (Å²) in [6.45, 7) is 0. The average molecular weight is 213 g/mol. The summed E-state index contributed by atoms with van der Waals surface area (Å²) >= 11 is 1.44. The fourth-order valence-corrected chi connectivity index (χ4v) is 2.68. The molecule has 1 aliphatic carbocycles. The molecule has 0 radical (unpaired) electrons. The Morgan fingerprint density at radius 3 is 2.86 bits per heavy atom. The van der Waals surface area contributed by atoms with Crippen molar-refractivity contribution in [1.29, 1.82) is 0 Å². The first kappa shape index (κ1) is 9.93. The van der Waals surface area contributed by atoms with E-state index in [4.69, 9.17) is 4.74 Å². The molecule has 1 aromatic rings. The normalized spacial score (nSPS) is 19.9. The van der Waals surface area contributed by atoms with E-state index in [0.717, 1.165) is 18.5 Å². The second-order valence-electron chi connectivity index (χ2n) is 3.73. The first-order valence-corrected chi connectivity index (χ1v) is 5.86. The molecular weight excluding hydrogens is 198 g/mol. The minimum atomic E-state index is -0.391. The minimum Gasteiger partial charge on any atom is -0.473 e. The van der Waals surface area contributed by atoms with Crippen LogP contribution in [0.2, 0.25) is 0 Å². The van der Waals surface area contributed by atoms with E-state index < -0.39 is 6.10 Å². The van der Waals surface area contributed by atoms with E-state index in [9.17, 15) is 5.11 Å². The molecule has 2 rings (SSSR count). The van der Waals surface area contributed by atoms with E-state index in [0.29, 0.717) is 11.1 Å². The molecule has 0 aromatic carbocycles. The topological polar surface area (TPSA) is 42.4 Å². The van der Waals surface area contributed by atoms with Crippen LogP contribution in [0.15, 0.2) is 5.38 Å². The molecule has 1 atom stereocenters. The van der Waals surface area contributed by atoms with Crippen LogP contribution in [0.3, 0.4) is 0 Å². The Balaban J connectivity index is 2.05. The molecule has 4 heteroatoms. The molecule has 1 fully saturated rings. The van der Waals surface area contributed by atoms with Crippen LogP contribution in [0.1, 0.15) is 37.5 Å². The molecule has 1 unspecified atom stereocenters. The third-order valence-electron chi connectivity index (χ3n) is 2.82.